The van der Waals surface area contributed by atoms with Gasteiger partial charge in [0, 0.05) is 47.6 Å². The maximum absolute atomic E-state index is 13.3. The summed E-state index contributed by atoms with van der Waals surface area (Å²) in [5.74, 6) is 0.255. The van der Waals surface area contributed by atoms with E-state index in [4.69, 9.17) is 14.6 Å². The van der Waals surface area contributed by atoms with Crippen molar-refractivity contribution in [1.82, 2.24) is 19.7 Å². The Morgan fingerprint density at radius 2 is 1.88 bits per heavy atom. The number of nitrogens with zero attached hydrogens (tertiary/aromatic N) is 4. The fourth-order valence-corrected chi connectivity index (χ4v) is 4.73. The minimum Gasteiger partial charge on any atom is -0.492 e. The molecule has 2 amide bonds. The Bertz CT molecular complexity index is 1580. The van der Waals surface area contributed by atoms with E-state index in [-0.39, 0.29) is 5.41 Å². The Kier molecular flexibility index (Phi) is 8.41. The molecule has 3 heterocycles. The first-order valence-corrected chi connectivity index (χ1v) is 13.9. The molecule has 220 valence electrons. The van der Waals surface area contributed by atoms with E-state index in [2.05, 4.69) is 36.4 Å². The molecule has 0 saturated carbocycles. The molecule has 3 N–H and O–H groups in total. The van der Waals surface area contributed by atoms with Crippen LogP contribution in [0.25, 0.3) is 16.5 Å². The predicted molar refractivity (Wildman–Crippen MR) is 161 cm³/mol. The zero-order chi connectivity index (χ0) is 29.9. The van der Waals surface area contributed by atoms with Gasteiger partial charge < -0.3 is 19.9 Å². The summed E-state index contributed by atoms with van der Waals surface area (Å²) in [6.45, 7) is 10.4. The number of hydrogen-bond donors (Lipinski definition) is 3. The second-order valence-electron chi connectivity index (χ2n) is 11.3. The van der Waals surface area contributed by atoms with Crippen molar-refractivity contribution in [3.05, 3.63) is 72.2 Å². The first-order valence-electron chi connectivity index (χ1n) is 13.9. The van der Waals surface area contributed by atoms with Gasteiger partial charge in [-0.3, -0.25) is 15.2 Å². The molecule has 11 nitrogen and oxygen atoms in total. The number of carbonyl (C=O) groups excluding carboxylic acids is 1. The Morgan fingerprint density at radius 3 is 2.60 bits per heavy atom. The van der Waals surface area contributed by atoms with Gasteiger partial charge in [0.1, 0.15) is 18.2 Å². The third-order valence-corrected chi connectivity index (χ3v) is 7.08. The molecule has 2 aromatic heterocycles. The number of urea groups is 1. The van der Waals surface area contributed by atoms with Crippen molar-refractivity contribution in [2.75, 3.05) is 43.5 Å². The number of aryl methyl sites for hydroxylation is 1. The number of ether oxygens (including phenoxy) is 2. The highest BCUT2D eigenvalue weighted by Gasteiger charge is 2.26. The molecule has 4 aromatic rings. The molecule has 42 heavy (non-hydrogen) atoms. The van der Waals surface area contributed by atoms with Crippen molar-refractivity contribution >= 4 is 34.3 Å². The summed E-state index contributed by atoms with van der Waals surface area (Å²) in [6.07, 6.45) is 0.913. The van der Waals surface area contributed by atoms with Crippen LogP contribution in [0.2, 0.25) is 0 Å². The van der Waals surface area contributed by atoms with Gasteiger partial charge in [-0.15, -0.1) is 0 Å². The quantitative estimate of drug-likeness (QED) is 0.274. The van der Waals surface area contributed by atoms with Gasteiger partial charge in [0.15, 0.2) is 6.10 Å². The standard InChI is InChI=1S/C31H36N6O5/c1-20-9-10-21(18-32-20)37-28(17-27(35-37)31(2,3)4)34-30(40)33-24-11-12-25(23-8-6-5-7-22(23)24)41-15-13-36-14-16-42-26(19-36)29(38)39/h5-12,17-18,26H,13-16,19H2,1-4H3,(H,38,39)(H2,33,34,40). The maximum atomic E-state index is 13.3. The Balaban J connectivity index is 1.30. The van der Waals surface area contributed by atoms with Crippen molar-refractivity contribution in [2.45, 2.75) is 39.2 Å². The van der Waals surface area contributed by atoms with Crippen LogP contribution in [0.3, 0.4) is 0 Å². The van der Waals surface area contributed by atoms with Gasteiger partial charge in [-0.1, -0.05) is 45.0 Å². The lowest BCUT2D eigenvalue weighted by molar-refractivity contribution is -0.156. The largest absolute Gasteiger partial charge is 0.492 e. The van der Waals surface area contributed by atoms with Gasteiger partial charge in [-0.25, -0.2) is 14.3 Å². The van der Waals surface area contributed by atoms with Crippen molar-refractivity contribution in [1.29, 1.82) is 0 Å². The van der Waals surface area contributed by atoms with Crippen LogP contribution >= 0.6 is 0 Å². The minimum absolute atomic E-state index is 0.220. The van der Waals surface area contributed by atoms with Gasteiger partial charge in [-0.05, 0) is 31.2 Å². The number of aromatic nitrogens is 3. The first kappa shape index (κ1) is 29.0. The number of morpholine rings is 1. The molecular weight excluding hydrogens is 536 g/mol. The number of rotatable bonds is 8. The molecule has 1 aliphatic rings. The van der Waals surface area contributed by atoms with E-state index in [0.29, 0.717) is 50.1 Å². The molecule has 0 spiro atoms. The lowest BCUT2D eigenvalue weighted by Crippen LogP contribution is -2.47. The van der Waals surface area contributed by atoms with E-state index in [1.807, 2.05) is 66.4 Å². The van der Waals surface area contributed by atoms with Crippen molar-refractivity contribution < 1.29 is 24.2 Å². The van der Waals surface area contributed by atoms with Gasteiger partial charge in [0.25, 0.3) is 0 Å². The summed E-state index contributed by atoms with van der Waals surface area (Å²) in [5.41, 5.74) is 2.88. The highest BCUT2D eigenvalue weighted by atomic mass is 16.5. The predicted octanol–water partition coefficient (Wildman–Crippen LogP) is 4.83. The number of fused-ring (bicyclic) bond motifs is 1. The van der Waals surface area contributed by atoms with E-state index in [9.17, 15) is 14.7 Å². The number of carboxylic acids is 1. The van der Waals surface area contributed by atoms with Crippen LogP contribution in [0, 0.1) is 6.92 Å². The summed E-state index contributed by atoms with van der Waals surface area (Å²) >= 11 is 0. The lowest BCUT2D eigenvalue weighted by Gasteiger charge is -2.30. The van der Waals surface area contributed by atoms with Crippen LogP contribution in [0.1, 0.15) is 32.2 Å². The average molecular weight is 573 g/mol. The molecule has 0 radical (unpaired) electrons. The summed E-state index contributed by atoms with van der Waals surface area (Å²) in [7, 11) is 0. The molecule has 1 aliphatic heterocycles. The molecule has 1 saturated heterocycles. The number of pyridine rings is 1. The molecule has 2 aromatic carbocycles. The molecule has 1 fully saturated rings. The minimum atomic E-state index is -0.954. The second kappa shape index (κ2) is 12.2. The van der Waals surface area contributed by atoms with Crippen LogP contribution in [0.4, 0.5) is 16.3 Å². The Labute approximate surface area is 244 Å². The molecular formula is C31H36N6O5. The third kappa shape index (κ3) is 6.69. The van der Waals surface area contributed by atoms with Crippen LogP contribution in [0.5, 0.6) is 5.75 Å². The Morgan fingerprint density at radius 1 is 1.10 bits per heavy atom. The van der Waals surface area contributed by atoms with Crippen molar-refractivity contribution in [3.63, 3.8) is 0 Å². The monoisotopic (exact) mass is 572 g/mol. The molecule has 11 heteroatoms. The number of benzene rings is 2. The van der Waals surface area contributed by atoms with Crippen molar-refractivity contribution in [2.24, 2.45) is 0 Å². The van der Waals surface area contributed by atoms with Crippen LogP contribution in [-0.4, -0.2) is 75.7 Å². The smallest absolute Gasteiger partial charge is 0.334 e. The number of amides is 2. The number of carbonyl (C=O) groups is 2. The van der Waals surface area contributed by atoms with Crippen LogP contribution in [0.15, 0.2) is 60.8 Å². The Hall–Kier alpha value is -4.48. The first-order chi connectivity index (χ1) is 20.1. The highest BCUT2D eigenvalue weighted by molar-refractivity contribution is 6.07. The number of anilines is 2. The topological polar surface area (TPSA) is 131 Å². The van der Waals surface area contributed by atoms with E-state index < -0.39 is 18.1 Å². The summed E-state index contributed by atoms with van der Waals surface area (Å²) in [5, 5.41) is 21.6. The lowest BCUT2D eigenvalue weighted by atomic mass is 9.92. The number of carboxylic acid groups (broad SMARTS) is 1. The zero-order valence-corrected chi connectivity index (χ0v) is 24.3. The molecule has 5 rings (SSSR count). The summed E-state index contributed by atoms with van der Waals surface area (Å²) in [4.78, 5) is 30.9. The van der Waals surface area contributed by atoms with Gasteiger partial charge in [0.2, 0.25) is 0 Å². The number of aliphatic carboxylic acids is 1. The fourth-order valence-electron chi connectivity index (χ4n) is 4.73. The van der Waals surface area contributed by atoms with Gasteiger partial charge in [0.05, 0.1) is 29.9 Å². The summed E-state index contributed by atoms with van der Waals surface area (Å²) < 4.78 is 13.1. The van der Waals surface area contributed by atoms with Gasteiger partial charge >= 0.3 is 12.0 Å². The average Bonchev–Trinajstić information content (AvgIpc) is 3.39. The molecule has 1 unspecified atom stereocenters. The second-order valence-corrected chi connectivity index (χ2v) is 11.3. The van der Waals surface area contributed by atoms with Gasteiger partial charge in [-0.2, -0.15) is 5.10 Å². The third-order valence-electron chi connectivity index (χ3n) is 7.08. The van der Waals surface area contributed by atoms with Crippen molar-refractivity contribution in [3.8, 4) is 11.4 Å². The molecule has 0 aliphatic carbocycles. The highest BCUT2D eigenvalue weighted by Crippen LogP contribution is 2.32. The van der Waals surface area contributed by atoms with E-state index in [0.717, 1.165) is 27.8 Å². The normalized spacial score (nSPS) is 15.9. The van der Waals surface area contributed by atoms with Crippen LogP contribution < -0.4 is 15.4 Å². The maximum Gasteiger partial charge on any atom is 0.334 e. The van der Waals surface area contributed by atoms with Crippen LogP contribution in [-0.2, 0) is 14.9 Å². The fraction of sp³-hybridized carbons (Fsp3) is 0.355. The number of nitrogens with one attached hydrogen (secondary N) is 2. The molecule has 1 atom stereocenters. The van der Waals surface area contributed by atoms with E-state index in [1.165, 1.54) is 0 Å². The summed E-state index contributed by atoms with van der Waals surface area (Å²) in [6, 6.07) is 16.6. The zero-order valence-electron chi connectivity index (χ0n) is 24.3. The SMILES string of the molecule is Cc1ccc(-n2nc(C(C)(C)C)cc2NC(=O)Nc2ccc(OCCN3CCOC(C(=O)O)C3)c3ccccc23)cn1. The van der Waals surface area contributed by atoms with E-state index in [1.54, 1.807) is 10.9 Å². The van der Waals surface area contributed by atoms with E-state index >= 15 is 0 Å². The number of hydrogen-bond acceptors (Lipinski definition) is 7. The molecule has 0 bridgehead atoms.